The second-order valence-corrected chi connectivity index (χ2v) is 4.70. The van der Waals surface area contributed by atoms with Crippen LogP contribution in [0.3, 0.4) is 0 Å². The summed E-state index contributed by atoms with van der Waals surface area (Å²) < 4.78 is 0. The lowest BCUT2D eigenvalue weighted by Gasteiger charge is -2.16. The average Bonchev–Trinajstić information content (AvgIpc) is 2.98. The molecule has 1 aliphatic rings. The Morgan fingerprint density at radius 1 is 1.21 bits per heavy atom. The van der Waals surface area contributed by atoms with Crippen LogP contribution < -0.4 is 4.90 Å². The van der Waals surface area contributed by atoms with Crippen molar-refractivity contribution in [2.45, 2.75) is 12.3 Å². The summed E-state index contributed by atoms with van der Waals surface area (Å²) in [7, 11) is 0. The predicted octanol–water partition coefficient (Wildman–Crippen LogP) is 2.34. The Balaban J connectivity index is 1.77. The quantitative estimate of drug-likeness (QED) is 0.821. The Hall–Kier alpha value is -2.41. The topological polar surface area (TPSA) is 52.8 Å². The van der Waals surface area contributed by atoms with Crippen molar-refractivity contribution in [3.05, 3.63) is 53.9 Å². The van der Waals surface area contributed by atoms with Crippen LogP contribution in [0.2, 0.25) is 0 Å². The van der Waals surface area contributed by atoms with Crippen LogP contribution in [0.25, 0.3) is 0 Å². The van der Waals surface area contributed by atoms with E-state index in [1.54, 1.807) is 12.3 Å². The van der Waals surface area contributed by atoms with Crippen LogP contribution in [-0.2, 0) is 0 Å². The third-order valence-electron chi connectivity index (χ3n) is 3.50. The molecule has 2 heterocycles. The van der Waals surface area contributed by atoms with Gasteiger partial charge in [-0.15, -0.1) is 0 Å². The van der Waals surface area contributed by atoms with Crippen molar-refractivity contribution in [3.8, 4) is 6.07 Å². The lowest BCUT2D eigenvalue weighted by molar-refractivity contribution is 0.772. The van der Waals surface area contributed by atoms with Crippen molar-refractivity contribution >= 4 is 5.95 Å². The van der Waals surface area contributed by atoms with E-state index in [9.17, 15) is 0 Å². The zero-order chi connectivity index (χ0) is 13.1. The molecule has 4 nitrogen and oxygen atoms in total. The fourth-order valence-corrected chi connectivity index (χ4v) is 2.50. The molecule has 0 amide bonds. The minimum absolute atomic E-state index is 0.424. The third-order valence-corrected chi connectivity index (χ3v) is 3.50. The molecular formula is C15H14N4. The molecule has 1 unspecified atom stereocenters. The van der Waals surface area contributed by atoms with Gasteiger partial charge in [0.2, 0.25) is 5.95 Å². The first kappa shape index (κ1) is 11.7. The molecule has 4 heteroatoms. The maximum Gasteiger partial charge on any atom is 0.226 e. The highest BCUT2D eigenvalue weighted by atomic mass is 15.3. The van der Waals surface area contributed by atoms with Crippen LogP contribution in [0.15, 0.2) is 42.6 Å². The predicted molar refractivity (Wildman–Crippen MR) is 72.8 cm³/mol. The van der Waals surface area contributed by atoms with Gasteiger partial charge in [0.05, 0.1) is 0 Å². The second-order valence-electron chi connectivity index (χ2n) is 4.70. The third kappa shape index (κ3) is 2.41. The SMILES string of the molecule is N#Cc1ccnc(N2CCC(c3ccccc3)C2)n1. The molecule has 2 aromatic rings. The van der Waals surface area contributed by atoms with Gasteiger partial charge < -0.3 is 4.90 Å². The molecule has 1 saturated heterocycles. The molecule has 94 valence electrons. The monoisotopic (exact) mass is 250 g/mol. The van der Waals surface area contributed by atoms with E-state index < -0.39 is 0 Å². The zero-order valence-corrected chi connectivity index (χ0v) is 10.5. The molecule has 0 radical (unpaired) electrons. The van der Waals surface area contributed by atoms with Crippen LogP contribution in [-0.4, -0.2) is 23.1 Å². The molecule has 1 aromatic carbocycles. The molecule has 1 atom stereocenters. The molecule has 1 aromatic heterocycles. The second kappa shape index (κ2) is 5.07. The molecule has 19 heavy (non-hydrogen) atoms. The van der Waals surface area contributed by atoms with E-state index in [1.807, 2.05) is 6.07 Å². The summed E-state index contributed by atoms with van der Waals surface area (Å²) >= 11 is 0. The van der Waals surface area contributed by atoms with Crippen LogP contribution >= 0.6 is 0 Å². The Kier molecular flexibility index (Phi) is 3.11. The number of benzene rings is 1. The number of rotatable bonds is 2. The van der Waals surface area contributed by atoms with Gasteiger partial charge in [-0.2, -0.15) is 5.26 Å². The van der Waals surface area contributed by atoms with Gasteiger partial charge in [-0.3, -0.25) is 0 Å². The van der Waals surface area contributed by atoms with Gasteiger partial charge in [0.1, 0.15) is 11.8 Å². The van der Waals surface area contributed by atoms with E-state index in [0.29, 0.717) is 17.6 Å². The lowest BCUT2D eigenvalue weighted by atomic mass is 9.99. The molecule has 1 aliphatic heterocycles. The molecule has 0 N–H and O–H groups in total. The molecule has 1 fully saturated rings. The Labute approximate surface area is 112 Å². The Morgan fingerprint density at radius 2 is 2.05 bits per heavy atom. The Morgan fingerprint density at radius 3 is 2.84 bits per heavy atom. The van der Waals surface area contributed by atoms with Gasteiger partial charge in [0.15, 0.2) is 0 Å². The summed E-state index contributed by atoms with van der Waals surface area (Å²) in [6, 6.07) is 14.2. The van der Waals surface area contributed by atoms with Crippen LogP contribution in [0.4, 0.5) is 5.95 Å². The normalized spacial score (nSPS) is 18.3. The molecule has 0 spiro atoms. The van der Waals surface area contributed by atoms with Gasteiger partial charge in [-0.1, -0.05) is 30.3 Å². The smallest absolute Gasteiger partial charge is 0.226 e. The maximum absolute atomic E-state index is 8.88. The first-order chi connectivity index (χ1) is 9.36. The van der Waals surface area contributed by atoms with E-state index in [1.165, 1.54) is 5.56 Å². The Bertz CT molecular complexity index is 603. The first-order valence-corrected chi connectivity index (χ1v) is 6.40. The molecule has 3 rings (SSSR count). The zero-order valence-electron chi connectivity index (χ0n) is 10.5. The fraction of sp³-hybridized carbons (Fsp3) is 0.267. The number of nitriles is 1. The van der Waals surface area contributed by atoms with E-state index >= 15 is 0 Å². The van der Waals surface area contributed by atoms with E-state index in [2.05, 4.69) is 45.2 Å². The summed E-state index contributed by atoms with van der Waals surface area (Å²) in [4.78, 5) is 10.7. The number of anilines is 1. The average molecular weight is 250 g/mol. The number of nitrogens with zero attached hydrogens (tertiary/aromatic N) is 4. The van der Waals surface area contributed by atoms with Gasteiger partial charge >= 0.3 is 0 Å². The highest BCUT2D eigenvalue weighted by Crippen LogP contribution is 2.28. The minimum atomic E-state index is 0.424. The molecule has 0 aliphatic carbocycles. The summed E-state index contributed by atoms with van der Waals surface area (Å²) in [6.45, 7) is 1.85. The van der Waals surface area contributed by atoms with Gasteiger partial charge in [-0.25, -0.2) is 9.97 Å². The van der Waals surface area contributed by atoms with Crippen LogP contribution in [0.1, 0.15) is 23.6 Å². The van der Waals surface area contributed by atoms with Crippen molar-refractivity contribution in [2.75, 3.05) is 18.0 Å². The highest BCUT2D eigenvalue weighted by Gasteiger charge is 2.25. The van der Waals surface area contributed by atoms with Gasteiger partial charge in [-0.05, 0) is 18.1 Å². The van der Waals surface area contributed by atoms with E-state index in [4.69, 9.17) is 5.26 Å². The number of aromatic nitrogens is 2. The van der Waals surface area contributed by atoms with Crippen molar-refractivity contribution in [1.82, 2.24) is 9.97 Å². The largest absolute Gasteiger partial charge is 0.340 e. The summed E-state index contributed by atoms with van der Waals surface area (Å²) in [5.41, 5.74) is 1.79. The van der Waals surface area contributed by atoms with Crippen molar-refractivity contribution in [3.63, 3.8) is 0 Å². The summed E-state index contributed by atoms with van der Waals surface area (Å²) in [5, 5.41) is 8.88. The summed E-state index contributed by atoms with van der Waals surface area (Å²) in [5.74, 6) is 1.19. The van der Waals surface area contributed by atoms with Crippen molar-refractivity contribution in [1.29, 1.82) is 5.26 Å². The van der Waals surface area contributed by atoms with Crippen LogP contribution in [0.5, 0.6) is 0 Å². The van der Waals surface area contributed by atoms with Crippen molar-refractivity contribution in [2.24, 2.45) is 0 Å². The molecular weight excluding hydrogens is 236 g/mol. The standard InChI is InChI=1S/C15H14N4/c16-10-14-6-8-17-15(18-14)19-9-7-13(11-19)12-4-2-1-3-5-12/h1-6,8,13H,7,9,11H2. The van der Waals surface area contributed by atoms with Crippen molar-refractivity contribution < 1.29 is 0 Å². The fourth-order valence-electron chi connectivity index (χ4n) is 2.50. The number of hydrogen-bond donors (Lipinski definition) is 0. The number of hydrogen-bond acceptors (Lipinski definition) is 4. The summed E-state index contributed by atoms with van der Waals surface area (Å²) in [6.07, 6.45) is 2.75. The van der Waals surface area contributed by atoms with Crippen LogP contribution in [0, 0.1) is 11.3 Å². The maximum atomic E-state index is 8.88. The first-order valence-electron chi connectivity index (χ1n) is 6.40. The minimum Gasteiger partial charge on any atom is -0.340 e. The van der Waals surface area contributed by atoms with Gasteiger partial charge in [0.25, 0.3) is 0 Å². The lowest BCUT2D eigenvalue weighted by Crippen LogP contribution is -2.21. The molecule has 0 saturated carbocycles. The highest BCUT2D eigenvalue weighted by molar-refractivity contribution is 5.37. The molecule has 0 bridgehead atoms. The van der Waals surface area contributed by atoms with E-state index in [-0.39, 0.29) is 0 Å². The van der Waals surface area contributed by atoms with E-state index in [0.717, 1.165) is 19.5 Å². The van der Waals surface area contributed by atoms with Gasteiger partial charge in [0, 0.05) is 25.2 Å².